The van der Waals surface area contributed by atoms with Gasteiger partial charge in [0.25, 0.3) is 5.95 Å². The minimum atomic E-state index is -3.46. The first kappa shape index (κ1) is 14.1. The van der Waals surface area contributed by atoms with Gasteiger partial charge in [0.05, 0.1) is 11.4 Å². The summed E-state index contributed by atoms with van der Waals surface area (Å²) in [5.41, 5.74) is 0.803. The first-order chi connectivity index (χ1) is 9.61. The summed E-state index contributed by atoms with van der Waals surface area (Å²) in [6, 6.07) is 9.30. The minimum Gasteiger partial charge on any atom is -0.250 e. The Labute approximate surface area is 117 Å². The van der Waals surface area contributed by atoms with Crippen LogP contribution in [0.15, 0.2) is 36.7 Å². The predicted octanol–water partition coefficient (Wildman–Crippen LogP) is 1.42. The van der Waals surface area contributed by atoms with Crippen LogP contribution in [0.5, 0.6) is 0 Å². The molecule has 0 fully saturated rings. The average Bonchev–Trinajstić information content (AvgIpc) is 2.87. The fourth-order valence-corrected chi connectivity index (χ4v) is 2.57. The van der Waals surface area contributed by atoms with Crippen molar-refractivity contribution in [3.05, 3.63) is 36.7 Å². The molecule has 1 N–H and O–H groups in total. The number of anilines is 1. The second-order valence-electron chi connectivity index (χ2n) is 4.08. The molecule has 20 heavy (non-hydrogen) atoms. The van der Waals surface area contributed by atoms with Gasteiger partial charge in [-0.3, -0.25) is 0 Å². The van der Waals surface area contributed by atoms with Gasteiger partial charge in [-0.1, -0.05) is 18.2 Å². The summed E-state index contributed by atoms with van der Waals surface area (Å²) >= 11 is 0. The van der Waals surface area contributed by atoms with Crippen LogP contribution >= 0.6 is 0 Å². The van der Waals surface area contributed by atoms with Gasteiger partial charge in [0.2, 0.25) is 10.0 Å². The number of terminal acetylenes is 1. The maximum Gasteiger partial charge on any atom is 0.256 e. The molecule has 6 nitrogen and oxygen atoms in total. The van der Waals surface area contributed by atoms with Crippen LogP contribution in [0.2, 0.25) is 0 Å². The van der Waals surface area contributed by atoms with E-state index in [1.54, 1.807) is 0 Å². The van der Waals surface area contributed by atoms with Crippen LogP contribution in [-0.2, 0) is 10.0 Å². The first-order valence-corrected chi connectivity index (χ1v) is 7.67. The van der Waals surface area contributed by atoms with Crippen molar-refractivity contribution in [1.29, 1.82) is 0 Å². The van der Waals surface area contributed by atoms with Crippen LogP contribution in [0.4, 0.5) is 5.95 Å². The number of aromatic nitrogens is 3. The molecule has 2 rings (SSSR count). The van der Waals surface area contributed by atoms with E-state index >= 15 is 0 Å². The molecule has 0 radical (unpaired) electrons. The molecular formula is C13H14N4O2S. The van der Waals surface area contributed by atoms with Gasteiger partial charge in [-0.25, -0.2) is 17.8 Å². The summed E-state index contributed by atoms with van der Waals surface area (Å²) in [6.45, 7) is 0. The van der Waals surface area contributed by atoms with E-state index in [1.807, 2.05) is 30.3 Å². The molecule has 0 spiro atoms. The lowest BCUT2D eigenvalue weighted by molar-refractivity contribution is 0.598. The molecule has 0 bridgehead atoms. The van der Waals surface area contributed by atoms with Gasteiger partial charge < -0.3 is 0 Å². The molecule has 0 unspecified atom stereocenters. The highest BCUT2D eigenvalue weighted by Gasteiger charge is 2.12. The molecule has 1 heterocycles. The monoisotopic (exact) mass is 290 g/mol. The number of hydrogen-bond donors (Lipinski definition) is 1. The van der Waals surface area contributed by atoms with Gasteiger partial charge in [0.15, 0.2) is 0 Å². The van der Waals surface area contributed by atoms with E-state index in [0.717, 1.165) is 5.69 Å². The van der Waals surface area contributed by atoms with E-state index in [4.69, 9.17) is 6.42 Å². The topological polar surface area (TPSA) is 76.9 Å². The molecule has 7 heteroatoms. The molecular weight excluding hydrogens is 276 g/mol. The Hall–Kier alpha value is -2.33. The lowest BCUT2D eigenvalue weighted by atomic mass is 10.3. The Morgan fingerprint density at radius 2 is 2.05 bits per heavy atom. The zero-order valence-electron chi connectivity index (χ0n) is 10.7. The standard InChI is InChI=1S/C13H14N4O2S/c1-2-3-7-10-20(18,19)16-13-14-11-17(15-13)12-8-5-4-6-9-12/h1,4-6,8-9,11H,3,7,10H2,(H,15,16). The van der Waals surface area contributed by atoms with Crippen molar-refractivity contribution in [1.82, 2.24) is 14.8 Å². The molecule has 2 aromatic rings. The Bertz CT molecular complexity index is 701. The number of hydrogen-bond acceptors (Lipinski definition) is 4. The van der Waals surface area contributed by atoms with Crippen molar-refractivity contribution in [2.45, 2.75) is 12.8 Å². The maximum absolute atomic E-state index is 11.8. The van der Waals surface area contributed by atoms with Gasteiger partial charge in [0.1, 0.15) is 6.33 Å². The second kappa shape index (κ2) is 6.21. The molecule has 0 aliphatic carbocycles. The molecule has 0 aliphatic heterocycles. The average molecular weight is 290 g/mol. The Morgan fingerprint density at radius 1 is 1.30 bits per heavy atom. The molecule has 0 amide bonds. The lowest BCUT2D eigenvalue weighted by Crippen LogP contribution is -2.17. The van der Waals surface area contributed by atoms with E-state index in [2.05, 4.69) is 20.7 Å². The van der Waals surface area contributed by atoms with E-state index in [0.29, 0.717) is 12.8 Å². The fourth-order valence-electron chi connectivity index (χ4n) is 1.57. The van der Waals surface area contributed by atoms with Crippen LogP contribution < -0.4 is 4.72 Å². The van der Waals surface area contributed by atoms with E-state index in [1.165, 1.54) is 11.0 Å². The quantitative estimate of drug-likeness (QED) is 0.645. The van der Waals surface area contributed by atoms with Crippen molar-refractivity contribution in [2.24, 2.45) is 0 Å². The molecule has 104 valence electrons. The van der Waals surface area contributed by atoms with E-state index in [-0.39, 0.29) is 11.7 Å². The van der Waals surface area contributed by atoms with E-state index < -0.39 is 10.0 Å². The third-order valence-corrected chi connectivity index (χ3v) is 3.81. The summed E-state index contributed by atoms with van der Waals surface area (Å²) < 4.78 is 27.3. The zero-order chi connectivity index (χ0) is 14.4. The SMILES string of the molecule is C#CCCCS(=O)(=O)Nc1ncn(-c2ccccc2)n1. The van der Waals surface area contributed by atoms with Crippen molar-refractivity contribution in [2.75, 3.05) is 10.5 Å². The largest absolute Gasteiger partial charge is 0.256 e. The van der Waals surface area contributed by atoms with Crippen LogP contribution in [0.3, 0.4) is 0 Å². The molecule has 0 saturated carbocycles. The van der Waals surface area contributed by atoms with Crippen molar-refractivity contribution in [3.8, 4) is 18.0 Å². The van der Waals surface area contributed by atoms with Gasteiger partial charge in [-0.05, 0) is 18.6 Å². The highest BCUT2D eigenvalue weighted by molar-refractivity contribution is 7.92. The Balaban J connectivity index is 2.05. The number of nitrogens with one attached hydrogen (secondary N) is 1. The Kier molecular flexibility index (Phi) is 4.38. The van der Waals surface area contributed by atoms with Gasteiger partial charge >= 0.3 is 0 Å². The number of nitrogens with zero attached hydrogens (tertiary/aromatic N) is 3. The third-order valence-electron chi connectivity index (χ3n) is 2.49. The zero-order valence-corrected chi connectivity index (χ0v) is 11.5. The highest BCUT2D eigenvalue weighted by atomic mass is 32.2. The van der Waals surface area contributed by atoms with Crippen LogP contribution in [0.25, 0.3) is 5.69 Å². The van der Waals surface area contributed by atoms with Crippen LogP contribution in [-0.4, -0.2) is 28.9 Å². The molecule has 0 saturated heterocycles. The first-order valence-electron chi connectivity index (χ1n) is 6.02. The van der Waals surface area contributed by atoms with Crippen molar-refractivity contribution < 1.29 is 8.42 Å². The van der Waals surface area contributed by atoms with Gasteiger partial charge in [-0.2, -0.15) is 4.98 Å². The molecule has 1 aromatic heterocycles. The third kappa shape index (κ3) is 3.83. The number of benzene rings is 1. The Morgan fingerprint density at radius 3 is 2.75 bits per heavy atom. The minimum absolute atomic E-state index is 0.0446. The van der Waals surface area contributed by atoms with Crippen LogP contribution in [0.1, 0.15) is 12.8 Å². The smallest absolute Gasteiger partial charge is 0.250 e. The lowest BCUT2D eigenvalue weighted by Gasteiger charge is -2.03. The summed E-state index contributed by atoms with van der Waals surface area (Å²) in [5.74, 6) is 2.41. The molecule has 0 aliphatic rings. The summed E-state index contributed by atoms with van der Waals surface area (Å²) in [5, 5.41) is 4.07. The maximum atomic E-state index is 11.8. The fraction of sp³-hybridized carbons (Fsp3) is 0.231. The molecule has 0 atom stereocenters. The second-order valence-corrected chi connectivity index (χ2v) is 5.92. The number of unbranched alkanes of at least 4 members (excludes halogenated alkanes) is 1. The molecule has 1 aromatic carbocycles. The summed E-state index contributed by atoms with van der Waals surface area (Å²) in [4.78, 5) is 3.93. The highest BCUT2D eigenvalue weighted by Crippen LogP contribution is 2.08. The van der Waals surface area contributed by atoms with E-state index in [9.17, 15) is 8.42 Å². The van der Waals surface area contributed by atoms with Crippen molar-refractivity contribution in [3.63, 3.8) is 0 Å². The number of para-hydroxylation sites is 1. The number of rotatable bonds is 6. The predicted molar refractivity (Wildman–Crippen MR) is 76.8 cm³/mol. The van der Waals surface area contributed by atoms with Crippen molar-refractivity contribution >= 4 is 16.0 Å². The van der Waals surface area contributed by atoms with Gasteiger partial charge in [0, 0.05) is 6.42 Å². The summed E-state index contributed by atoms with van der Waals surface area (Å²) in [6.07, 6.45) is 7.37. The van der Waals surface area contributed by atoms with Crippen LogP contribution in [0, 0.1) is 12.3 Å². The number of sulfonamides is 1. The van der Waals surface area contributed by atoms with Gasteiger partial charge in [-0.15, -0.1) is 17.4 Å². The normalized spacial score (nSPS) is 10.9. The summed E-state index contributed by atoms with van der Waals surface area (Å²) in [7, 11) is -3.46.